The van der Waals surface area contributed by atoms with Crippen molar-refractivity contribution < 1.29 is 79.3 Å². The Balaban J connectivity index is 0.000000954. The normalized spacial score (nSPS) is 14.5. The maximum Gasteiger partial charge on any atom is 0.485 e. The molecule has 1 heterocycles. The summed E-state index contributed by atoms with van der Waals surface area (Å²) in [6, 6.07) is -4.91. The number of halogens is 13. The molecule has 0 saturated heterocycles. The van der Waals surface area contributed by atoms with Gasteiger partial charge in [-0.1, -0.05) is 0 Å². The molecule has 0 amide bonds. The molecule has 0 saturated carbocycles. The summed E-state index contributed by atoms with van der Waals surface area (Å²) in [5.41, 5.74) is -5.65. The molecule has 1 atom stereocenters. The third-order valence-electron chi connectivity index (χ3n) is 2.73. The van der Waals surface area contributed by atoms with Gasteiger partial charge in [-0.3, -0.25) is 4.74 Å². The lowest BCUT2D eigenvalue weighted by molar-refractivity contribution is -0.839. The monoisotopic (exact) mass is 510 g/mol. The molecule has 0 aliphatic rings. The first-order chi connectivity index (χ1) is 13.5. The van der Waals surface area contributed by atoms with Crippen molar-refractivity contribution in [2.24, 2.45) is 7.05 Å². The summed E-state index contributed by atoms with van der Waals surface area (Å²) in [5.74, 6) is -10.3. The molecule has 0 fully saturated rings. The Bertz CT molecular complexity index is 890. The quantitative estimate of drug-likeness (QED) is 0.254. The van der Waals surface area contributed by atoms with Gasteiger partial charge in [-0.15, -0.1) is 0 Å². The second-order valence-electron chi connectivity index (χ2n) is 5.07. The van der Waals surface area contributed by atoms with Crippen LogP contribution in [0.5, 0.6) is 0 Å². The summed E-state index contributed by atoms with van der Waals surface area (Å²) >= 11 is 0. The first-order valence-corrected chi connectivity index (χ1v) is 8.11. The van der Waals surface area contributed by atoms with E-state index in [-0.39, 0.29) is 4.57 Å². The van der Waals surface area contributed by atoms with E-state index in [9.17, 15) is 57.1 Å². The van der Waals surface area contributed by atoms with Crippen molar-refractivity contribution in [3.63, 3.8) is 0 Å². The summed E-state index contributed by atoms with van der Waals surface area (Å²) in [5, 5.41) is 0. The van der Waals surface area contributed by atoms with Gasteiger partial charge in [0, 0.05) is 0 Å². The zero-order valence-corrected chi connectivity index (χ0v) is 15.0. The van der Waals surface area contributed by atoms with Crippen LogP contribution >= 0.6 is 0 Å². The molecule has 0 bridgehead atoms. The molecule has 1 aromatic rings. The third kappa shape index (κ3) is 6.95. The Morgan fingerprint density at radius 2 is 1.45 bits per heavy atom. The number of rotatable bonds is 6. The Kier molecular flexibility index (Phi) is 8.57. The fourth-order valence-electron chi connectivity index (χ4n) is 1.27. The van der Waals surface area contributed by atoms with E-state index in [0.717, 1.165) is 10.8 Å². The molecule has 0 N–H and O–H groups in total. The molecule has 0 radical (unpaired) electrons. The molecule has 6 nitrogen and oxygen atoms in total. The zero-order valence-electron chi connectivity index (χ0n) is 14.2. The van der Waals surface area contributed by atoms with Gasteiger partial charge in [0.15, 0.2) is 10.1 Å². The highest BCUT2D eigenvalue weighted by molar-refractivity contribution is 7.86. The van der Waals surface area contributed by atoms with Gasteiger partial charge in [0.25, 0.3) is 0 Å². The van der Waals surface area contributed by atoms with Crippen LogP contribution in [0.15, 0.2) is 30.6 Å². The molecule has 20 heteroatoms. The molecule has 0 aromatic carbocycles. The molecule has 31 heavy (non-hydrogen) atoms. The van der Waals surface area contributed by atoms with E-state index < -0.39 is 52.0 Å². The van der Waals surface area contributed by atoms with E-state index in [0.29, 0.717) is 12.5 Å². The van der Waals surface area contributed by atoms with Crippen LogP contribution in [0.25, 0.3) is 0 Å². The molecular weight excluding hydrogens is 503 g/mol. The van der Waals surface area contributed by atoms with Crippen LogP contribution < -0.4 is 4.57 Å². The zero-order chi connectivity index (χ0) is 25.2. The van der Waals surface area contributed by atoms with Crippen molar-refractivity contribution >= 4 is 10.1 Å². The Hall–Kier alpha value is -2.09. The summed E-state index contributed by atoms with van der Waals surface area (Å²) in [4.78, 5) is 0. The minimum Gasteiger partial charge on any atom is -0.741 e. The van der Waals surface area contributed by atoms with Crippen LogP contribution in [0.1, 0.15) is 0 Å². The predicted molar refractivity (Wildman–Crippen MR) is 67.8 cm³/mol. The second kappa shape index (κ2) is 9.18. The van der Waals surface area contributed by atoms with Crippen molar-refractivity contribution in [3.8, 4) is 0 Å². The van der Waals surface area contributed by atoms with Crippen molar-refractivity contribution in [2.75, 3.05) is 0 Å². The maximum absolute atomic E-state index is 13.5. The number of hydrogen-bond donors (Lipinski definition) is 0. The van der Waals surface area contributed by atoms with Crippen molar-refractivity contribution in [1.29, 1.82) is 0 Å². The predicted octanol–water partition coefficient (Wildman–Crippen LogP) is 3.53. The number of ether oxygens (including phenoxy) is 1. The van der Waals surface area contributed by atoms with Crippen molar-refractivity contribution in [2.45, 2.75) is 29.9 Å². The topological polar surface area (TPSA) is 75.2 Å². The van der Waals surface area contributed by atoms with Gasteiger partial charge in [-0.25, -0.2) is 17.4 Å². The van der Waals surface area contributed by atoms with E-state index in [1.807, 2.05) is 0 Å². The molecule has 0 aliphatic heterocycles. The van der Waals surface area contributed by atoms with E-state index in [1.54, 1.807) is 0 Å². The highest BCUT2D eigenvalue weighted by Crippen LogP contribution is 2.45. The number of aryl methyl sites for hydroxylation is 1. The second-order valence-corrected chi connectivity index (χ2v) is 6.44. The lowest BCUT2D eigenvalue weighted by Crippen LogP contribution is -2.58. The number of alkyl halides is 10. The number of imidazole rings is 1. The van der Waals surface area contributed by atoms with Crippen LogP contribution in [0, 0.1) is 0 Å². The van der Waals surface area contributed by atoms with Crippen molar-refractivity contribution in [1.82, 2.24) is 4.57 Å². The van der Waals surface area contributed by atoms with Gasteiger partial charge in [0.1, 0.15) is 12.4 Å². The van der Waals surface area contributed by atoms with E-state index >= 15 is 0 Å². The molecule has 0 spiro atoms. The molecule has 182 valence electrons. The summed E-state index contributed by atoms with van der Waals surface area (Å²) in [6.07, 6.45) is -12.6. The van der Waals surface area contributed by atoms with Gasteiger partial charge in [0.05, 0.1) is 7.05 Å². The fourth-order valence-corrected chi connectivity index (χ4v) is 1.27. The van der Waals surface area contributed by atoms with Crippen LogP contribution in [0.4, 0.5) is 57.1 Å². The third-order valence-corrected chi connectivity index (χ3v) is 3.30. The van der Waals surface area contributed by atoms with E-state index in [1.165, 1.54) is 7.05 Å². The average molecular weight is 510 g/mol. The largest absolute Gasteiger partial charge is 0.741 e. The van der Waals surface area contributed by atoms with Gasteiger partial charge in [-0.05, 0) is 0 Å². The number of nitrogens with zero attached hydrogens (tertiary/aromatic N) is 2. The average Bonchev–Trinajstić information content (AvgIpc) is 2.99. The molecule has 0 aliphatic carbocycles. The number of hydrogen-bond acceptors (Lipinski definition) is 4. The van der Waals surface area contributed by atoms with E-state index in [2.05, 4.69) is 4.74 Å². The minimum atomic E-state index is -6.35. The molecular formula is C11H7F13N2O4S. The summed E-state index contributed by atoms with van der Waals surface area (Å²) < 4.78 is 189. The molecule has 1 rings (SSSR count). The van der Waals surface area contributed by atoms with Crippen LogP contribution in [0.2, 0.25) is 0 Å². The summed E-state index contributed by atoms with van der Waals surface area (Å²) in [7, 11) is -4.90. The lowest BCUT2D eigenvalue weighted by Gasteiger charge is -2.27. The van der Waals surface area contributed by atoms with Gasteiger partial charge >= 0.3 is 36.0 Å². The van der Waals surface area contributed by atoms with Crippen LogP contribution in [-0.2, 0) is 27.9 Å². The highest BCUT2D eigenvalue weighted by atomic mass is 32.2. The van der Waals surface area contributed by atoms with Crippen LogP contribution in [0.3, 0.4) is 0 Å². The van der Waals surface area contributed by atoms with Gasteiger partial charge in [0.2, 0.25) is 12.2 Å². The van der Waals surface area contributed by atoms with Gasteiger partial charge < -0.3 is 4.55 Å². The fraction of sp³-hybridized carbons (Fsp3) is 0.545. The highest BCUT2D eigenvalue weighted by Gasteiger charge is 2.67. The number of aromatic nitrogens is 2. The molecule has 1 aromatic heterocycles. The van der Waals surface area contributed by atoms with Crippen LogP contribution in [-0.4, -0.2) is 41.4 Å². The Morgan fingerprint density at radius 1 is 1.03 bits per heavy atom. The smallest absolute Gasteiger partial charge is 0.485 e. The SMILES string of the molecule is Cn1cc[n+](C(F)(F)C(F)OC(F)(F)C(F)(F)C(F)=C(F)F)c1.O=S(=O)([O-])C(F)(F)F. The van der Waals surface area contributed by atoms with Gasteiger partial charge in [-0.2, -0.15) is 57.3 Å². The molecule has 1 unspecified atom stereocenters. The lowest BCUT2D eigenvalue weighted by atomic mass is 10.3. The van der Waals surface area contributed by atoms with E-state index in [4.69, 9.17) is 13.0 Å². The first-order valence-electron chi connectivity index (χ1n) is 6.71. The Labute approximate surface area is 162 Å². The Morgan fingerprint density at radius 3 is 1.74 bits per heavy atom. The van der Waals surface area contributed by atoms with Crippen molar-refractivity contribution in [3.05, 3.63) is 30.6 Å². The maximum atomic E-state index is 13.5. The first kappa shape index (κ1) is 28.9. The minimum absolute atomic E-state index is 0.298. The summed E-state index contributed by atoms with van der Waals surface area (Å²) in [6.45, 7) is 0. The standard InChI is InChI=1S/C10H7F10N2O.CHF3O3S/c1-21-2-3-22(4-21)9(17,18)7(14)23-10(19,20)8(15,16)5(11)6(12)13;2-1(3,4)8(5,6)7/h2-4,7H,1H3;(H,5,6,7)/q+1;/p-1.